The number of carbonyl (C=O) groups excluding carboxylic acids is 3. The molecule has 1 fully saturated rings. The van der Waals surface area contributed by atoms with E-state index >= 15 is 0 Å². The van der Waals surface area contributed by atoms with Gasteiger partial charge in [-0.05, 0) is 6.42 Å². The van der Waals surface area contributed by atoms with Crippen LogP contribution in [0.5, 0.6) is 0 Å². The minimum absolute atomic E-state index is 0.136. The molecule has 72 valence electrons. The Morgan fingerprint density at radius 1 is 1.46 bits per heavy atom. The fourth-order valence-electron chi connectivity index (χ4n) is 1.05. The van der Waals surface area contributed by atoms with Gasteiger partial charge in [-0.15, -0.1) is 0 Å². The summed E-state index contributed by atoms with van der Waals surface area (Å²) in [4.78, 5) is 32.3. The van der Waals surface area contributed by atoms with E-state index in [0.717, 1.165) is 0 Å². The van der Waals surface area contributed by atoms with Crippen molar-refractivity contribution in [2.24, 2.45) is 0 Å². The van der Waals surface area contributed by atoms with Crippen LogP contribution in [-0.2, 0) is 14.4 Å². The molecule has 13 heavy (non-hydrogen) atoms. The summed E-state index contributed by atoms with van der Waals surface area (Å²) in [5.41, 5.74) is 4.34. The zero-order valence-corrected chi connectivity index (χ0v) is 7.22. The summed E-state index contributed by atoms with van der Waals surface area (Å²) in [6, 6.07) is -0.514. The third-order valence-corrected chi connectivity index (χ3v) is 1.67. The lowest BCUT2D eigenvalue weighted by atomic mass is 10.2. The Morgan fingerprint density at radius 3 is 2.62 bits per heavy atom. The van der Waals surface area contributed by atoms with Gasteiger partial charge in [0.05, 0.1) is 0 Å². The Morgan fingerprint density at radius 2 is 2.15 bits per heavy atom. The van der Waals surface area contributed by atoms with Crippen LogP contribution in [0.25, 0.3) is 0 Å². The van der Waals surface area contributed by atoms with Crippen molar-refractivity contribution in [1.29, 1.82) is 0 Å². The molecule has 1 aliphatic heterocycles. The van der Waals surface area contributed by atoms with E-state index in [9.17, 15) is 14.4 Å². The molecule has 1 aliphatic rings. The zero-order valence-electron chi connectivity index (χ0n) is 7.22. The van der Waals surface area contributed by atoms with Crippen LogP contribution in [0.1, 0.15) is 19.8 Å². The van der Waals surface area contributed by atoms with E-state index in [1.807, 2.05) is 0 Å². The second kappa shape index (κ2) is 3.88. The van der Waals surface area contributed by atoms with Crippen molar-refractivity contribution in [2.75, 3.05) is 0 Å². The maximum absolute atomic E-state index is 11.2. The van der Waals surface area contributed by atoms with Crippen LogP contribution in [-0.4, -0.2) is 23.8 Å². The van der Waals surface area contributed by atoms with Gasteiger partial charge in [-0.1, -0.05) is 0 Å². The molecule has 3 N–H and O–H groups in total. The molecule has 1 heterocycles. The smallest absolute Gasteiger partial charge is 0.260 e. The minimum Gasteiger partial charge on any atom is -0.344 e. The second-order valence-corrected chi connectivity index (χ2v) is 2.83. The molecule has 0 aromatic rings. The number of carbonyl (C=O) groups is 3. The Balaban J connectivity index is 2.31. The quantitative estimate of drug-likeness (QED) is 0.431. The fourth-order valence-corrected chi connectivity index (χ4v) is 1.05. The summed E-state index contributed by atoms with van der Waals surface area (Å²) >= 11 is 0. The highest BCUT2D eigenvalue weighted by atomic mass is 16.2. The molecular formula is C7H11N3O3. The first kappa shape index (κ1) is 9.50. The van der Waals surface area contributed by atoms with Crippen LogP contribution < -0.4 is 16.2 Å². The summed E-state index contributed by atoms with van der Waals surface area (Å²) < 4.78 is 0. The molecule has 1 saturated heterocycles. The highest BCUT2D eigenvalue weighted by Crippen LogP contribution is 2.05. The summed E-state index contributed by atoms with van der Waals surface area (Å²) in [5, 5.41) is 2.48. The first-order valence-corrected chi connectivity index (χ1v) is 3.95. The van der Waals surface area contributed by atoms with Gasteiger partial charge >= 0.3 is 0 Å². The second-order valence-electron chi connectivity index (χ2n) is 2.83. The topological polar surface area (TPSA) is 87.3 Å². The van der Waals surface area contributed by atoms with Crippen LogP contribution in [0.4, 0.5) is 0 Å². The maximum Gasteiger partial charge on any atom is 0.260 e. The Hall–Kier alpha value is -1.59. The molecule has 0 unspecified atom stereocenters. The van der Waals surface area contributed by atoms with Crippen LogP contribution in [0.3, 0.4) is 0 Å². The maximum atomic E-state index is 11.2. The van der Waals surface area contributed by atoms with Gasteiger partial charge in [0.25, 0.3) is 5.91 Å². The lowest BCUT2D eigenvalue weighted by molar-refractivity contribution is -0.129. The molecule has 0 radical (unpaired) electrons. The molecule has 0 spiro atoms. The van der Waals surface area contributed by atoms with Crippen molar-refractivity contribution in [3.8, 4) is 0 Å². The third-order valence-electron chi connectivity index (χ3n) is 1.67. The average molecular weight is 185 g/mol. The number of nitrogens with one attached hydrogen (secondary N) is 3. The number of hydrogen-bond donors (Lipinski definition) is 3. The van der Waals surface area contributed by atoms with Gasteiger partial charge in [0.2, 0.25) is 11.8 Å². The molecule has 1 atom stereocenters. The van der Waals surface area contributed by atoms with E-state index in [1.54, 1.807) is 0 Å². The van der Waals surface area contributed by atoms with Crippen molar-refractivity contribution in [3.63, 3.8) is 0 Å². The first-order valence-electron chi connectivity index (χ1n) is 3.95. The number of amides is 3. The molecule has 0 saturated carbocycles. The average Bonchev–Trinajstić information content (AvgIpc) is 2.47. The molecule has 0 bridgehead atoms. The molecule has 6 nitrogen and oxygen atoms in total. The lowest BCUT2D eigenvalue weighted by Crippen LogP contribution is -2.48. The Bertz CT molecular complexity index is 251. The summed E-state index contributed by atoms with van der Waals surface area (Å²) in [7, 11) is 0. The monoisotopic (exact) mass is 185 g/mol. The Kier molecular flexibility index (Phi) is 2.84. The molecule has 0 aromatic heterocycles. The van der Waals surface area contributed by atoms with Gasteiger partial charge in [0.1, 0.15) is 6.04 Å². The van der Waals surface area contributed by atoms with Crippen LogP contribution in [0.2, 0.25) is 0 Å². The molecule has 0 aliphatic carbocycles. The van der Waals surface area contributed by atoms with Gasteiger partial charge in [-0.2, -0.15) is 0 Å². The van der Waals surface area contributed by atoms with Crippen molar-refractivity contribution in [3.05, 3.63) is 0 Å². The standard InChI is InChI=1S/C7H11N3O3/c1-4(11)9-10-7(13)5-2-3-6(12)8-5/h5H,2-3H2,1H3,(H,8,12)(H,9,11)(H,10,13)/t5-/m1/s1. The highest BCUT2D eigenvalue weighted by Gasteiger charge is 2.26. The van der Waals surface area contributed by atoms with Gasteiger partial charge in [-0.25, -0.2) is 0 Å². The van der Waals surface area contributed by atoms with Crippen LogP contribution in [0.15, 0.2) is 0 Å². The molecular weight excluding hydrogens is 174 g/mol. The van der Waals surface area contributed by atoms with Gasteiger partial charge < -0.3 is 5.32 Å². The number of hydrogen-bond acceptors (Lipinski definition) is 3. The van der Waals surface area contributed by atoms with Crippen molar-refractivity contribution >= 4 is 17.7 Å². The lowest BCUT2D eigenvalue weighted by Gasteiger charge is -2.10. The SMILES string of the molecule is CC(=O)NNC(=O)[C@H]1CCC(=O)N1. The fraction of sp³-hybridized carbons (Fsp3) is 0.571. The normalized spacial score (nSPS) is 20.7. The molecule has 6 heteroatoms. The zero-order chi connectivity index (χ0) is 9.84. The predicted octanol–water partition coefficient (Wildman–Crippen LogP) is -1.57. The Labute approximate surface area is 75.0 Å². The molecule has 1 rings (SSSR count). The van der Waals surface area contributed by atoms with Gasteiger partial charge in [0.15, 0.2) is 0 Å². The molecule has 3 amide bonds. The summed E-state index contributed by atoms with van der Waals surface area (Å²) in [6.07, 6.45) is 0.836. The number of rotatable bonds is 1. The third kappa shape index (κ3) is 2.73. The largest absolute Gasteiger partial charge is 0.344 e. The number of hydrazine groups is 1. The van der Waals surface area contributed by atoms with Crippen molar-refractivity contribution in [2.45, 2.75) is 25.8 Å². The molecule has 0 aromatic carbocycles. The van der Waals surface area contributed by atoms with E-state index in [1.165, 1.54) is 6.92 Å². The van der Waals surface area contributed by atoms with E-state index in [0.29, 0.717) is 12.8 Å². The van der Waals surface area contributed by atoms with E-state index < -0.39 is 6.04 Å². The van der Waals surface area contributed by atoms with Crippen LogP contribution in [0, 0.1) is 0 Å². The van der Waals surface area contributed by atoms with Crippen LogP contribution >= 0.6 is 0 Å². The van der Waals surface area contributed by atoms with Gasteiger partial charge in [0, 0.05) is 13.3 Å². The van der Waals surface area contributed by atoms with Gasteiger partial charge in [-0.3, -0.25) is 25.2 Å². The predicted molar refractivity (Wildman–Crippen MR) is 43.1 cm³/mol. The minimum atomic E-state index is -0.514. The van der Waals surface area contributed by atoms with Crippen molar-refractivity contribution in [1.82, 2.24) is 16.2 Å². The summed E-state index contributed by atoms with van der Waals surface area (Å²) in [5.74, 6) is -0.873. The van der Waals surface area contributed by atoms with E-state index in [2.05, 4.69) is 16.2 Å². The highest BCUT2D eigenvalue weighted by molar-refractivity contribution is 5.91. The first-order chi connectivity index (χ1) is 6.09. The van der Waals surface area contributed by atoms with E-state index in [4.69, 9.17) is 0 Å². The van der Waals surface area contributed by atoms with E-state index in [-0.39, 0.29) is 17.7 Å². The summed E-state index contributed by atoms with van der Waals surface area (Å²) in [6.45, 7) is 1.29. The van der Waals surface area contributed by atoms with Crippen molar-refractivity contribution < 1.29 is 14.4 Å².